The van der Waals surface area contributed by atoms with Gasteiger partial charge in [0.15, 0.2) is 0 Å². The molecule has 0 saturated heterocycles. The lowest BCUT2D eigenvalue weighted by molar-refractivity contribution is -0.138. The topological polar surface area (TPSA) is 163 Å². The molecule has 0 aromatic rings. The van der Waals surface area contributed by atoms with Gasteiger partial charge >= 0.3 is 11.9 Å². The van der Waals surface area contributed by atoms with E-state index in [9.17, 15) is 9.59 Å². The zero-order valence-corrected chi connectivity index (χ0v) is 38.5. The lowest BCUT2D eigenvalue weighted by Crippen LogP contribution is -2.35. The summed E-state index contributed by atoms with van der Waals surface area (Å²) in [6, 6.07) is 0. The van der Waals surface area contributed by atoms with Crippen LogP contribution in [0.25, 0.3) is 0 Å². The van der Waals surface area contributed by atoms with E-state index in [-0.39, 0.29) is 0 Å². The maximum absolute atomic E-state index is 10.4. The van der Waals surface area contributed by atoms with E-state index in [0.717, 1.165) is 65.0 Å². The van der Waals surface area contributed by atoms with Crippen LogP contribution in [0.5, 0.6) is 0 Å². The summed E-state index contributed by atoms with van der Waals surface area (Å²) in [7, 11) is 0. The Bertz CT molecular complexity index is 721. The summed E-state index contributed by atoms with van der Waals surface area (Å²) >= 11 is 0. The minimum Gasteiger partial charge on any atom is -0.481 e. The van der Waals surface area contributed by atoms with Crippen LogP contribution in [0.4, 0.5) is 0 Å². The van der Waals surface area contributed by atoms with Gasteiger partial charge in [0.05, 0.1) is 0 Å². The zero-order chi connectivity index (χ0) is 42.4. The average Bonchev–Trinajstić information content (AvgIpc) is 3.20. The Balaban J connectivity index is -0.000000801. The van der Waals surface area contributed by atoms with Crippen LogP contribution in [0.1, 0.15) is 245 Å². The third kappa shape index (κ3) is 69.7. The van der Waals surface area contributed by atoms with E-state index in [0.29, 0.717) is 25.9 Å². The van der Waals surface area contributed by atoms with Gasteiger partial charge in [-0.1, -0.05) is 219 Å². The molecule has 0 spiro atoms. The first-order valence-corrected chi connectivity index (χ1v) is 24.9. The predicted octanol–water partition coefficient (Wildman–Crippen LogP) is 11.9. The number of nitrogens with one attached hydrogen (secondary N) is 3. The summed E-state index contributed by atoms with van der Waals surface area (Å²) in [5.74, 6) is -1.30. The summed E-state index contributed by atoms with van der Waals surface area (Å²) in [5.41, 5.74) is 10.6. The van der Waals surface area contributed by atoms with E-state index in [2.05, 4.69) is 29.8 Å². The van der Waals surface area contributed by atoms with Crippen LogP contribution in [0.3, 0.4) is 0 Å². The summed E-state index contributed by atoms with van der Waals surface area (Å²) in [4.78, 5) is 20.7. The number of rotatable bonds is 46. The second-order valence-electron chi connectivity index (χ2n) is 16.4. The molecule has 0 aliphatic carbocycles. The smallest absolute Gasteiger partial charge is 0.303 e. The molecule has 0 heterocycles. The SMILES string of the molecule is CCCCCCCCCCCCCCCCCC(=O)O.CCCCCCCCCCCCCCCCCCCCCC(=O)O.NCCNCCNCCNCCN. The van der Waals surface area contributed by atoms with Crippen LogP contribution >= 0.6 is 0 Å². The summed E-state index contributed by atoms with van der Waals surface area (Å²) < 4.78 is 0. The number of carbonyl (C=O) groups is 2. The van der Waals surface area contributed by atoms with Gasteiger partial charge in [-0.3, -0.25) is 9.59 Å². The first kappa shape index (κ1) is 60.0. The van der Waals surface area contributed by atoms with Gasteiger partial charge in [-0.05, 0) is 12.8 Å². The van der Waals surface area contributed by atoms with Crippen LogP contribution in [0.2, 0.25) is 0 Å². The Hall–Kier alpha value is -1.26. The number of hydrogen-bond donors (Lipinski definition) is 7. The second kappa shape index (κ2) is 59.1. The minimum atomic E-state index is -0.653. The first-order chi connectivity index (χ1) is 28.0. The molecular weight excluding hydrogens is 711 g/mol. The summed E-state index contributed by atoms with van der Waals surface area (Å²) in [6.45, 7) is 11.7. The molecule has 0 aliphatic heterocycles. The first-order valence-electron chi connectivity index (χ1n) is 24.9. The lowest BCUT2D eigenvalue weighted by Gasteiger charge is -2.06. The molecule has 57 heavy (non-hydrogen) atoms. The van der Waals surface area contributed by atoms with E-state index in [1.54, 1.807) is 0 Å². The standard InChI is InChI=1S/C22H44O2.C18H36O2.C8H23N5/c1-2-3-4-5-6-7-8-9-10-11-12-13-14-15-16-17-18-19-20-21-22(23)24;1-2-3-4-5-6-7-8-9-10-11-12-13-14-15-16-17-18(19)20;9-1-3-11-5-7-13-8-6-12-4-2-10/h2-21H2,1H3,(H,23,24);2-17H2,1H3,(H,19,20);11-13H,1-10H2. The summed E-state index contributed by atoms with van der Waals surface area (Å²) in [6.07, 6.45) is 46.3. The van der Waals surface area contributed by atoms with Crippen LogP contribution in [-0.4, -0.2) is 74.5 Å². The van der Waals surface area contributed by atoms with Gasteiger partial charge in [0.1, 0.15) is 0 Å². The molecule has 0 unspecified atom stereocenters. The molecule has 9 nitrogen and oxygen atoms in total. The highest BCUT2D eigenvalue weighted by Gasteiger charge is 1.99. The number of unbranched alkanes of at least 4 members (excludes halogenated alkanes) is 32. The fourth-order valence-corrected chi connectivity index (χ4v) is 6.93. The highest BCUT2D eigenvalue weighted by Crippen LogP contribution is 2.16. The van der Waals surface area contributed by atoms with Crippen molar-refractivity contribution in [3.05, 3.63) is 0 Å². The molecule has 0 radical (unpaired) electrons. The van der Waals surface area contributed by atoms with Gasteiger partial charge in [-0.2, -0.15) is 0 Å². The lowest BCUT2D eigenvalue weighted by atomic mass is 10.0. The highest BCUT2D eigenvalue weighted by atomic mass is 16.4. The number of carboxylic acids is 2. The Labute approximate surface area is 355 Å². The van der Waals surface area contributed by atoms with Crippen molar-refractivity contribution in [2.45, 2.75) is 245 Å². The molecule has 0 atom stereocenters. The third-order valence-electron chi connectivity index (χ3n) is 10.6. The van der Waals surface area contributed by atoms with Crippen LogP contribution in [0, 0.1) is 0 Å². The molecule has 0 bridgehead atoms. The van der Waals surface area contributed by atoms with Gasteiger partial charge in [-0.25, -0.2) is 0 Å². The van der Waals surface area contributed by atoms with Crippen molar-refractivity contribution in [3.8, 4) is 0 Å². The van der Waals surface area contributed by atoms with Gasteiger partial charge in [0.25, 0.3) is 0 Å². The van der Waals surface area contributed by atoms with Gasteiger partial charge in [0, 0.05) is 65.2 Å². The van der Waals surface area contributed by atoms with Gasteiger partial charge in [0.2, 0.25) is 0 Å². The maximum atomic E-state index is 10.4. The number of nitrogens with two attached hydrogens (primary N) is 2. The quantitative estimate of drug-likeness (QED) is 0.0296. The Kier molecular flexibility index (Phi) is 62.2. The van der Waals surface area contributed by atoms with Crippen molar-refractivity contribution in [3.63, 3.8) is 0 Å². The molecule has 0 amide bonds. The zero-order valence-electron chi connectivity index (χ0n) is 38.5. The number of carboxylic acid groups (broad SMARTS) is 2. The molecule has 0 saturated carbocycles. The van der Waals surface area contributed by atoms with Gasteiger partial charge in [-0.15, -0.1) is 0 Å². The molecule has 0 aromatic heterocycles. The minimum absolute atomic E-state index is 0.345. The van der Waals surface area contributed by atoms with Crippen molar-refractivity contribution >= 4 is 11.9 Å². The fraction of sp³-hybridized carbons (Fsp3) is 0.958. The van der Waals surface area contributed by atoms with Crippen LogP contribution in [-0.2, 0) is 9.59 Å². The average molecular weight is 814 g/mol. The van der Waals surface area contributed by atoms with Gasteiger partial charge < -0.3 is 37.6 Å². The number of hydrogen-bond acceptors (Lipinski definition) is 7. The van der Waals surface area contributed by atoms with Crippen molar-refractivity contribution in [1.82, 2.24) is 16.0 Å². The molecular formula is C48H103N5O4. The number of aliphatic carboxylic acids is 2. The van der Waals surface area contributed by atoms with Crippen molar-refractivity contribution in [2.75, 3.05) is 52.4 Å². The van der Waals surface area contributed by atoms with E-state index in [1.807, 2.05) is 0 Å². The Morgan fingerprint density at radius 1 is 0.316 bits per heavy atom. The van der Waals surface area contributed by atoms with E-state index in [4.69, 9.17) is 21.7 Å². The maximum Gasteiger partial charge on any atom is 0.303 e. The van der Waals surface area contributed by atoms with E-state index >= 15 is 0 Å². The highest BCUT2D eigenvalue weighted by molar-refractivity contribution is 5.66. The van der Waals surface area contributed by atoms with Crippen LogP contribution in [0.15, 0.2) is 0 Å². The molecule has 0 fully saturated rings. The second-order valence-corrected chi connectivity index (χ2v) is 16.4. The Morgan fingerprint density at radius 3 is 0.667 bits per heavy atom. The van der Waals surface area contributed by atoms with Crippen molar-refractivity contribution in [2.24, 2.45) is 11.5 Å². The van der Waals surface area contributed by atoms with Crippen LogP contribution < -0.4 is 27.4 Å². The van der Waals surface area contributed by atoms with Crippen molar-refractivity contribution < 1.29 is 19.8 Å². The molecule has 0 rings (SSSR count). The van der Waals surface area contributed by atoms with Crippen molar-refractivity contribution in [1.29, 1.82) is 0 Å². The molecule has 9 heteroatoms. The fourth-order valence-electron chi connectivity index (χ4n) is 6.93. The van der Waals surface area contributed by atoms with E-state index in [1.165, 1.54) is 193 Å². The monoisotopic (exact) mass is 814 g/mol. The Morgan fingerprint density at radius 2 is 0.491 bits per heavy atom. The molecule has 0 aromatic carbocycles. The third-order valence-corrected chi connectivity index (χ3v) is 10.6. The van der Waals surface area contributed by atoms with E-state index < -0.39 is 11.9 Å². The summed E-state index contributed by atoms with van der Waals surface area (Å²) in [5, 5.41) is 26.8. The normalized spacial score (nSPS) is 10.9. The molecule has 9 N–H and O–H groups in total. The molecule has 344 valence electrons. The predicted molar refractivity (Wildman–Crippen MR) is 250 cm³/mol. The largest absolute Gasteiger partial charge is 0.481 e. The molecule has 0 aliphatic rings.